The quantitative estimate of drug-likeness (QED) is 0.0970. The molecule has 12 rings (SSSR count). The van der Waals surface area contributed by atoms with Crippen LogP contribution in [0.15, 0.2) is 146 Å². The van der Waals surface area contributed by atoms with Crippen LogP contribution >= 0.6 is 7.92 Å². The Balaban J connectivity index is 1.11. The maximum Gasteiger partial charge on any atom is 0.238 e. The Hall–Kier alpha value is -5.97. The van der Waals surface area contributed by atoms with Crippen LogP contribution in [0, 0.1) is 54.3 Å². The molecule has 4 bridgehead atoms. The van der Waals surface area contributed by atoms with E-state index in [2.05, 4.69) is 116 Å². The van der Waals surface area contributed by atoms with E-state index in [1.54, 1.807) is 0 Å². The molecule has 6 aromatic rings. The van der Waals surface area contributed by atoms with Crippen LogP contribution in [0.5, 0.6) is 0 Å². The lowest BCUT2D eigenvalue weighted by Crippen LogP contribution is -2.33. The average Bonchev–Trinajstić information content (AvgIpc) is 4.12. The SMILES string of the molecule is Cc1ccc2c(N3C(=O)[C@@H]4C5C=CC(C5)[C@@H]4C3=O)cccc2c1-c1c(P(c2ccccc2)c2ccccc2)ccc2c(N3C(=O)[C@@H]4C5C=CC(C5)[C@@H]4C3=O)cccc12. The summed E-state index contributed by atoms with van der Waals surface area (Å²) in [6.07, 6.45) is 10.3. The third-order valence-corrected chi connectivity index (χ3v) is 16.7. The third-order valence-electron chi connectivity index (χ3n) is 14.2. The summed E-state index contributed by atoms with van der Waals surface area (Å²) in [5.74, 6) is -1.13. The summed E-state index contributed by atoms with van der Waals surface area (Å²) in [5.41, 5.74) is 4.33. The molecular formula is C51H39N2O4P. The Kier molecular flexibility index (Phi) is 7.36. The predicted octanol–water partition coefficient (Wildman–Crippen LogP) is 8.35. The maximum atomic E-state index is 14.3. The summed E-state index contributed by atoms with van der Waals surface area (Å²) in [5, 5.41) is 7.10. The Morgan fingerprint density at radius 2 is 0.845 bits per heavy atom. The van der Waals surface area contributed by atoms with Gasteiger partial charge in [0.2, 0.25) is 23.6 Å². The number of anilines is 2. The number of amides is 4. The lowest BCUT2D eigenvalue weighted by molar-refractivity contribution is -0.124. The summed E-state index contributed by atoms with van der Waals surface area (Å²) in [6, 6.07) is 41.7. The third kappa shape index (κ3) is 4.58. The molecule has 4 unspecified atom stereocenters. The molecule has 4 fully saturated rings. The van der Waals surface area contributed by atoms with E-state index in [1.165, 1.54) is 20.4 Å². The van der Waals surface area contributed by atoms with Gasteiger partial charge >= 0.3 is 0 Å². The normalized spacial score (nSPS) is 27.7. The van der Waals surface area contributed by atoms with Crippen molar-refractivity contribution in [2.45, 2.75) is 19.8 Å². The van der Waals surface area contributed by atoms with E-state index in [1.807, 2.05) is 36.4 Å². The van der Waals surface area contributed by atoms with Gasteiger partial charge in [0, 0.05) is 10.8 Å². The fraction of sp³-hybridized carbons (Fsp3) is 0.216. The van der Waals surface area contributed by atoms with Crippen molar-refractivity contribution in [2.75, 3.05) is 9.80 Å². The fourth-order valence-electron chi connectivity index (χ4n) is 11.8. The topological polar surface area (TPSA) is 74.8 Å². The standard InChI is InChI=1S/C51H39N2O4P/c1-28-18-23-35-37(14-8-16-39(35)52-48(54)43-29-19-20-30(26-29)44(43)49(52)55)42(28)47-38-15-9-17-40(53-50(56)45-31-21-22-32(27-31)46(45)51(53)57)36(38)24-25-41(47)58(33-10-4-2-5-11-33)34-12-6-3-7-13-34/h2-25,29-32,43-46H,26-27H2,1H3/t29?,30?,31?,32?,43-,44+,45-,46+. The van der Waals surface area contributed by atoms with Crippen LogP contribution in [0.2, 0.25) is 0 Å². The zero-order chi connectivity index (χ0) is 39.0. The number of imide groups is 2. The van der Waals surface area contributed by atoms with Crippen molar-refractivity contribution < 1.29 is 19.2 Å². The van der Waals surface area contributed by atoms with Crippen LogP contribution in [0.1, 0.15) is 18.4 Å². The molecule has 8 atom stereocenters. The molecule has 6 aliphatic rings. The van der Waals surface area contributed by atoms with Crippen LogP contribution in [0.3, 0.4) is 0 Å². The van der Waals surface area contributed by atoms with E-state index in [9.17, 15) is 19.2 Å². The van der Waals surface area contributed by atoms with Crippen LogP contribution in [-0.2, 0) is 19.2 Å². The Morgan fingerprint density at radius 1 is 0.431 bits per heavy atom. The van der Waals surface area contributed by atoms with Gasteiger partial charge in [-0.25, -0.2) is 9.80 Å². The van der Waals surface area contributed by atoms with E-state index in [0.29, 0.717) is 11.4 Å². The minimum Gasteiger partial charge on any atom is -0.274 e. The summed E-state index contributed by atoms with van der Waals surface area (Å²) in [4.78, 5) is 60.0. The number of carbonyl (C=O) groups is 4. The van der Waals surface area contributed by atoms with Gasteiger partial charge in [0.25, 0.3) is 0 Å². The molecule has 58 heavy (non-hydrogen) atoms. The van der Waals surface area contributed by atoms with Crippen molar-refractivity contribution >= 4 is 80.4 Å². The highest BCUT2D eigenvalue weighted by Gasteiger charge is 2.61. The smallest absolute Gasteiger partial charge is 0.238 e. The van der Waals surface area contributed by atoms with E-state index in [-0.39, 0.29) is 71.0 Å². The molecule has 2 heterocycles. The van der Waals surface area contributed by atoms with Gasteiger partial charge in [0.15, 0.2) is 0 Å². The Morgan fingerprint density at radius 3 is 1.29 bits per heavy atom. The summed E-state index contributed by atoms with van der Waals surface area (Å²) < 4.78 is 0. The number of aryl methyl sites for hydroxylation is 1. The molecule has 2 saturated carbocycles. The highest BCUT2D eigenvalue weighted by molar-refractivity contribution is 7.80. The molecule has 2 saturated heterocycles. The molecule has 6 aromatic carbocycles. The highest BCUT2D eigenvalue weighted by Crippen LogP contribution is 2.56. The van der Waals surface area contributed by atoms with Gasteiger partial charge in [0.05, 0.1) is 35.0 Å². The van der Waals surface area contributed by atoms with E-state index < -0.39 is 7.92 Å². The first kappa shape index (κ1) is 34.1. The largest absolute Gasteiger partial charge is 0.274 e. The van der Waals surface area contributed by atoms with Crippen molar-refractivity contribution in [3.05, 3.63) is 151 Å². The fourth-order valence-corrected chi connectivity index (χ4v) is 14.3. The zero-order valence-corrected chi connectivity index (χ0v) is 32.8. The first-order chi connectivity index (χ1) is 28.4. The van der Waals surface area contributed by atoms with Gasteiger partial charge in [-0.3, -0.25) is 19.2 Å². The number of benzene rings is 6. The summed E-state index contributed by atoms with van der Waals surface area (Å²) in [6.45, 7) is 2.12. The minimum absolute atomic E-state index is 0.0954. The summed E-state index contributed by atoms with van der Waals surface area (Å²) in [7, 11) is -1.10. The number of carbonyl (C=O) groups excluding carboxylic acids is 4. The first-order valence-electron chi connectivity index (χ1n) is 20.5. The van der Waals surface area contributed by atoms with Crippen molar-refractivity contribution in [3.63, 3.8) is 0 Å². The zero-order valence-electron chi connectivity index (χ0n) is 31.9. The van der Waals surface area contributed by atoms with Crippen molar-refractivity contribution in [3.8, 4) is 11.1 Å². The minimum atomic E-state index is -1.10. The van der Waals surface area contributed by atoms with Gasteiger partial charge in [-0.05, 0) is 107 Å². The highest BCUT2D eigenvalue weighted by atomic mass is 31.1. The average molecular weight is 775 g/mol. The van der Waals surface area contributed by atoms with Crippen LogP contribution in [-0.4, -0.2) is 23.6 Å². The molecular weight excluding hydrogens is 736 g/mol. The molecule has 7 heteroatoms. The molecule has 0 aromatic heterocycles. The van der Waals surface area contributed by atoms with Gasteiger partial charge in [0.1, 0.15) is 0 Å². The number of allylic oxidation sites excluding steroid dienone is 4. The maximum absolute atomic E-state index is 14.3. The van der Waals surface area contributed by atoms with Gasteiger partial charge < -0.3 is 0 Å². The molecule has 6 nitrogen and oxygen atoms in total. The lowest BCUT2D eigenvalue weighted by Gasteiger charge is -2.27. The molecule has 4 aliphatic carbocycles. The van der Waals surface area contributed by atoms with E-state index >= 15 is 0 Å². The van der Waals surface area contributed by atoms with Gasteiger partial charge in [-0.1, -0.05) is 133 Å². The molecule has 0 N–H and O–H groups in total. The number of rotatable bonds is 6. The first-order valence-corrected chi connectivity index (χ1v) is 21.8. The van der Waals surface area contributed by atoms with Gasteiger partial charge in [-0.2, -0.15) is 0 Å². The monoisotopic (exact) mass is 774 g/mol. The number of hydrogen-bond donors (Lipinski definition) is 0. The Bertz CT molecular complexity index is 2770. The number of nitrogens with zero attached hydrogens (tertiary/aromatic N) is 2. The van der Waals surface area contributed by atoms with Crippen molar-refractivity contribution in [1.29, 1.82) is 0 Å². The second-order valence-corrected chi connectivity index (χ2v) is 19.2. The molecule has 0 spiro atoms. The summed E-state index contributed by atoms with van der Waals surface area (Å²) >= 11 is 0. The van der Waals surface area contributed by atoms with Crippen molar-refractivity contribution in [1.82, 2.24) is 0 Å². The molecule has 2 aliphatic heterocycles. The van der Waals surface area contributed by atoms with Crippen LogP contribution in [0.25, 0.3) is 32.7 Å². The lowest BCUT2D eigenvalue weighted by atomic mass is 9.85. The molecule has 282 valence electrons. The van der Waals surface area contributed by atoms with Crippen molar-refractivity contribution in [2.24, 2.45) is 47.3 Å². The number of fused-ring (bicyclic) bond motifs is 12. The Labute approximate surface area is 337 Å². The van der Waals surface area contributed by atoms with Crippen LogP contribution < -0.4 is 25.7 Å². The predicted molar refractivity (Wildman–Crippen MR) is 231 cm³/mol. The molecule has 4 amide bonds. The van der Waals surface area contributed by atoms with E-state index in [0.717, 1.165) is 56.4 Å². The van der Waals surface area contributed by atoms with E-state index in [4.69, 9.17) is 0 Å². The number of hydrogen-bond acceptors (Lipinski definition) is 4. The molecule has 0 radical (unpaired) electrons. The second kappa shape index (κ2) is 12.5. The van der Waals surface area contributed by atoms with Gasteiger partial charge in [-0.15, -0.1) is 0 Å². The van der Waals surface area contributed by atoms with Crippen LogP contribution in [0.4, 0.5) is 11.4 Å². The second-order valence-electron chi connectivity index (χ2n) is 17.0.